The van der Waals surface area contributed by atoms with Crippen LogP contribution >= 0.6 is 11.6 Å². The molecule has 7 heteroatoms. The van der Waals surface area contributed by atoms with E-state index < -0.39 is 5.91 Å². The molecule has 0 unspecified atom stereocenters. The van der Waals surface area contributed by atoms with Crippen LogP contribution in [0.25, 0.3) is 0 Å². The average molecular weight is 293 g/mol. The zero-order chi connectivity index (χ0) is 14.3. The SMILES string of the molecule is NC(=O)c1nn(Cc2cc(Cl)cc3c2OCC3)cc1N. The minimum atomic E-state index is -0.645. The highest BCUT2D eigenvalue weighted by Gasteiger charge is 2.19. The maximum Gasteiger partial charge on any atom is 0.271 e. The predicted molar refractivity (Wildman–Crippen MR) is 74.9 cm³/mol. The largest absolute Gasteiger partial charge is 0.493 e. The predicted octanol–water partition coefficient (Wildman–Crippen LogP) is 1.20. The topological polar surface area (TPSA) is 96.2 Å². The lowest BCUT2D eigenvalue weighted by atomic mass is 10.1. The fourth-order valence-corrected chi connectivity index (χ4v) is 2.61. The Morgan fingerprint density at radius 2 is 2.30 bits per heavy atom. The number of anilines is 1. The second-order valence-electron chi connectivity index (χ2n) is 4.65. The molecule has 0 radical (unpaired) electrons. The molecule has 0 saturated carbocycles. The molecule has 0 aliphatic carbocycles. The molecule has 1 amide bonds. The van der Waals surface area contributed by atoms with Gasteiger partial charge >= 0.3 is 0 Å². The molecule has 0 atom stereocenters. The summed E-state index contributed by atoms with van der Waals surface area (Å²) in [5, 5.41) is 4.73. The molecule has 4 N–H and O–H groups in total. The molecule has 0 bridgehead atoms. The number of amides is 1. The molecule has 1 aromatic heterocycles. The standard InChI is InChI=1S/C13H13ClN4O2/c14-9-3-7-1-2-20-12(7)8(4-9)5-18-6-10(15)11(17-18)13(16)19/h3-4,6H,1-2,5,15H2,(H2,16,19). The van der Waals surface area contributed by atoms with Crippen molar-refractivity contribution in [2.45, 2.75) is 13.0 Å². The normalized spacial score (nSPS) is 13.1. The van der Waals surface area contributed by atoms with Crippen molar-refractivity contribution in [3.05, 3.63) is 40.2 Å². The highest BCUT2D eigenvalue weighted by atomic mass is 35.5. The van der Waals surface area contributed by atoms with Gasteiger partial charge < -0.3 is 16.2 Å². The van der Waals surface area contributed by atoms with Crippen LogP contribution in [0.3, 0.4) is 0 Å². The van der Waals surface area contributed by atoms with Gasteiger partial charge in [-0.1, -0.05) is 11.6 Å². The summed E-state index contributed by atoms with van der Waals surface area (Å²) in [6, 6.07) is 3.73. The number of aromatic nitrogens is 2. The van der Waals surface area contributed by atoms with Crippen LogP contribution in [0.2, 0.25) is 5.02 Å². The summed E-state index contributed by atoms with van der Waals surface area (Å²) in [7, 11) is 0. The summed E-state index contributed by atoms with van der Waals surface area (Å²) < 4.78 is 7.18. The second-order valence-corrected chi connectivity index (χ2v) is 5.08. The molecule has 1 aromatic carbocycles. The number of fused-ring (bicyclic) bond motifs is 1. The Hall–Kier alpha value is -2.21. The minimum absolute atomic E-state index is 0.0737. The van der Waals surface area contributed by atoms with Crippen LogP contribution in [-0.2, 0) is 13.0 Å². The van der Waals surface area contributed by atoms with E-state index in [2.05, 4.69) is 5.10 Å². The highest BCUT2D eigenvalue weighted by Crippen LogP contribution is 2.33. The molecule has 104 valence electrons. The number of nitrogens with zero attached hydrogens (tertiary/aromatic N) is 2. The van der Waals surface area contributed by atoms with Crippen LogP contribution < -0.4 is 16.2 Å². The number of primary amides is 1. The van der Waals surface area contributed by atoms with Gasteiger partial charge in [-0.15, -0.1) is 0 Å². The van der Waals surface area contributed by atoms with Crippen molar-refractivity contribution in [3.8, 4) is 5.75 Å². The number of halogens is 1. The van der Waals surface area contributed by atoms with Gasteiger partial charge in [0, 0.05) is 23.2 Å². The molecule has 6 nitrogen and oxygen atoms in total. The van der Waals surface area contributed by atoms with Gasteiger partial charge in [0.2, 0.25) is 0 Å². The smallest absolute Gasteiger partial charge is 0.271 e. The first kappa shape index (κ1) is 12.8. The van der Waals surface area contributed by atoms with Crippen LogP contribution in [0.15, 0.2) is 18.3 Å². The van der Waals surface area contributed by atoms with Gasteiger partial charge in [0.1, 0.15) is 5.75 Å². The van der Waals surface area contributed by atoms with Crippen LogP contribution in [0, 0.1) is 0 Å². The summed E-state index contributed by atoms with van der Waals surface area (Å²) in [5.41, 5.74) is 13.2. The number of hydrogen-bond acceptors (Lipinski definition) is 4. The molecule has 2 aromatic rings. The minimum Gasteiger partial charge on any atom is -0.493 e. The van der Waals surface area contributed by atoms with Gasteiger partial charge in [0.15, 0.2) is 5.69 Å². The Morgan fingerprint density at radius 1 is 1.50 bits per heavy atom. The summed E-state index contributed by atoms with van der Waals surface area (Å²) >= 11 is 6.10. The van der Waals surface area contributed by atoms with E-state index in [9.17, 15) is 4.79 Å². The van der Waals surface area contributed by atoms with Gasteiger partial charge in [-0.2, -0.15) is 5.10 Å². The first-order valence-corrected chi connectivity index (χ1v) is 6.49. The number of carbonyl (C=O) groups is 1. The van der Waals surface area contributed by atoms with Crippen molar-refractivity contribution in [1.29, 1.82) is 0 Å². The highest BCUT2D eigenvalue weighted by molar-refractivity contribution is 6.30. The monoisotopic (exact) mass is 292 g/mol. The van der Waals surface area contributed by atoms with Crippen molar-refractivity contribution in [3.63, 3.8) is 0 Å². The zero-order valence-electron chi connectivity index (χ0n) is 10.6. The second kappa shape index (κ2) is 4.72. The Kier molecular flexibility index (Phi) is 3.02. The van der Waals surface area contributed by atoms with Crippen LogP contribution in [-0.4, -0.2) is 22.3 Å². The molecule has 2 heterocycles. The molecule has 0 fully saturated rings. The van der Waals surface area contributed by atoms with Crippen molar-refractivity contribution >= 4 is 23.2 Å². The molecule has 0 saturated heterocycles. The molecule has 1 aliphatic rings. The Balaban J connectivity index is 1.96. The van der Waals surface area contributed by atoms with Crippen molar-refractivity contribution < 1.29 is 9.53 Å². The van der Waals surface area contributed by atoms with E-state index in [1.807, 2.05) is 12.1 Å². The first-order valence-electron chi connectivity index (χ1n) is 6.11. The Bertz CT molecular complexity index is 696. The quantitative estimate of drug-likeness (QED) is 0.888. The summed E-state index contributed by atoms with van der Waals surface area (Å²) in [5.74, 6) is 0.193. The van der Waals surface area contributed by atoms with E-state index in [-0.39, 0.29) is 11.4 Å². The lowest BCUT2D eigenvalue weighted by Crippen LogP contribution is -2.14. The van der Waals surface area contributed by atoms with E-state index in [1.54, 1.807) is 10.9 Å². The van der Waals surface area contributed by atoms with E-state index in [1.165, 1.54) is 0 Å². The van der Waals surface area contributed by atoms with Gasteiger partial charge in [-0.05, 0) is 17.7 Å². The third-order valence-corrected chi connectivity index (χ3v) is 3.40. The van der Waals surface area contributed by atoms with Crippen molar-refractivity contribution in [2.24, 2.45) is 5.73 Å². The fourth-order valence-electron chi connectivity index (χ4n) is 2.35. The number of rotatable bonds is 3. The molecular weight excluding hydrogens is 280 g/mol. The summed E-state index contributed by atoms with van der Waals surface area (Å²) in [6.07, 6.45) is 2.42. The maximum absolute atomic E-state index is 11.1. The lowest BCUT2D eigenvalue weighted by molar-refractivity contribution is 0.0995. The molecule has 20 heavy (non-hydrogen) atoms. The zero-order valence-corrected chi connectivity index (χ0v) is 11.4. The molecule has 0 spiro atoms. The van der Waals surface area contributed by atoms with Crippen LogP contribution in [0.5, 0.6) is 5.75 Å². The van der Waals surface area contributed by atoms with E-state index in [0.29, 0.717) is 18.2 Å². The lowest BCUT2D eigenvalue weighted by Gasteiger charge is -2.09. The number of carbonyl (C=O) groups excluding carboxylic acids is 1. The summed E-state index contributed by atoms with van der Waals surface area (Å²) in [4.78, 5) is 11.1. The Labute approximate surface area is 120 Å². The van der Waals surface area contributed by atoms with Gasteiger partial charge in [0.25, 0.3) is 5.91 Å². The number of benzene rings is 1. The number of hydrogen-bond donors (Lipinski definition) is 2. The number of ether oxygens (including phenoxy) is 1. The molecular formula is C13H13ClN4O2. The van der Waals surface area contributed by atoms with Crippen molar-refractivity contribution in [1.82, 2.24) is 9.78 Å². The average Bonchev–Trinajstić information content (AvgIpc) is 2.95. The summed E-state index contributed by atoms with van der Waals surface area (Å²) in [6.45, 7) is 1.07. The number of nitrogen functional groups attached to an aromatic ring is 1. The third-order valence-electron chi connectivity index (χ3n) is 3.18. The maximum atomic E-state index is 11.1. The number of nitrogens with two attached hydrogens (primary N) is 2. The van der Waals surface area contributed by atoms with E-state index in [0.717, 1.165) is 23.3 Å². The third kappa shape index (κ3) is 2.18. The molecule has 3 rings (SSSR count). The van der Waals surface area contributed by atoms with Gasteiger partial charge in [-0.25, -0.2) is 0 Å². The molecule has 1 aliphatic heterocycles. The first-order chi connectivity index (χ1) is 9.54. The van der Waals surface area contributed by atoms with Gasteiger partial charge in [-0.3, -0.25) is 9.48 Å². The van der Waals surface area contributed by atoms with Gasteiger partial charge in [0.05, 0.1) is 18.8 Å². The van der Waals surface area contributed by atoms with Crippen molar-refractivity contribution in [2.75, 3.05) is 12.3 Å². The van der Waals surface area contributed by atoms with E-state index in [4.69, 9.17) is 27.8 Å². The Morgan fingerprint density at radius 3 is 3.00 bits per heavy atom. The van der Waals surface area contributed by atoms with Crippen LogP contribution in [0.1, 0.15) is 21.6 Å². The van der Waals surface area contributed by atoms with Crippen LogP contribution in [0.4, 0.5) is 5.69 Å². The van der Waals surface area contributed by atoms with E-state index >= 15 is 0 Å². The fraction of sp³-hybridized carbons (Fsp3) is 0.231.